The molecule has 0 aliphatic carbocycles. The zero-order valence-corrected chi connectivity index (χ0v) is 13.3. The van der Waals surface area contributed by atoms with Crippen LogP contribution in [0.4, 0.5) is 10.1 Å². The van der Waals surface area contributed by atoms with Crippen molar-refractivity contribution < 1.29 is 9.18 Å². The zero-order valence-electron chi connectivity index (χ0n) is 13.3. The Morgan fingerprint density at radius 1 is 1.17 bits per heavy atom. The van der Waals surface area contributed by atoms with E-state index in [2.05, 4.69) is 15.5 Å². The van der Waals surface area contributed by atoms with Gasteiger partial charge in [0.25, 0.3) is 0 Å². The van der Waals surface area contributed by atoms with E-state index in [9.17, 15) is 9.18 Å². The second-order valence-corrected chi connectivity index (χ2v) is 5.50. The second-order valence-electron chi connectivity index (χ2n) is 5.50. The maximum Gasteiger partial charge on any atom is 0.228 e. The smallest absolute Gasteiger partial charge is 0.228 e. The first-order valence-corrected chi connectivity index (χ1v) is 7.84. The highest BCUT2D eigenvalue weighted by Gasteiger charge is 2.17. The summed E-state index contributed by atoms with van der Waals surface area (Å²) in [5.74, 6) is -0.468. The minimum absolute atomic E-state index is 0.130. The Labute approximate surface area is 139 Å². The molecule has 4 nitrogen and oxygen atoms in total. The summed E-state index contributed by atoms with van der Waals surface area (Å²) in [6.45, 7) is 1.97. The van der Waals surface area contributed by atoms with Crippen LogP contribution in [0.5, 0.6) is 0 Å². The SMILES string of the molecule is CCc1[nH]nc(-c2cccc(F)c2)c1NC(=O)Cc1ccccc1. The molecule has 0 aliphatic heterocycles. The van der Waals surface area contributed by atoms with E-state index in [1.165, 1.54) is 12.1 Å². The average molecular weight is 323 g/mol. The highest BCUT2D eigenvalue weighted by Crippen LogP contribution is 2.29. The Kier molecular flexibility index (Phi) is 4.70. The monoisotopic (exact) mass is 323 g/mol. The third-order valence-corrected chi connectivity index (χ3v) is 3.76. The first-order valence-electron chi connectivity index (χ1n) is 7.84. The highest BCUT2D eigenvalue weighted by molar-refractivity contribution is 5.96. The molecule has 1 heterocycles. The van der Waals surface area contributed by atoms with Crippen molar-refractivity contribution in [1.29, 1.82) is 0 Å². The molecule has 0 aliphatic rings. The summed E-state index contributed by atoms with van der Waals surface area (Å²) in [6, 6.07) is 15.7. The van der Waals surface area contributed by atoms with Gasteiger partial charge in [0.1, 0.15) is 11.5 Å². The van der Waals surface area contributed by atoms with Crippen molar-refractivity contribution in [3.63, 3.8) is 0 Å². The molecule has 0 unspecified atom stereocenters. The Bertz CT molecular complexity index is 843. The number of aryl methyl sites for hydroxylation is 1. The van der Waals surface area contributed by atoms with Crippen molar-refractivity contribution in [3.05, 3.63) is 71.7 Å². The largest absolute Gasteiger partial charge is 0.322 e. The molecule has 0 saturated heterocycles. The van der Waals surface area contributed by atoms with Crippen LogP contribution in [-0.2, 0) is 17.6 Å². The normalized spacial score (nSPS) is 10.6. The number of benzene rings is 2. The second kappa shape index (κ2) is 7.08. The molecular formula is C19H18FN3O. The molecule has 1 amide bonds. The van der Waals surface area contributed by atoms with Gasteiger partial charge in [0, 0.05) is 5.56 Å². The average Bonchev–Trinajstić information content (AvgIpc) is 2.98. The number of amides is 1. The first kappa shape index (κ1) is 15.9. The molecule has 0 radical (unpaired) electrons. The van der Waals surface area contributed by atoms with Crippen LogP contribution in [0, 0.1) is 5.82 Å². The van der Waals surface area contributed by atoms with Crippen LogP contribution >= 0.6 is 0 Å². The molecule has 1 aromatic heterocycles. The van der Waals surface area contributed by atoms with Gasteiger partial charge >= 0.3 is 0 Å². The maximum atomic E-state index is 13.5. The molecule has 3 rings (SSSR count). The summed E-state index contributed by atoms with van der Waals surface area (Å²) in [5, 5.41) is 10.1. The number of anilines is 1. The minimum atomic E-state index is -0.338. The third kappa shape index (κ3) is 3.51. The molecule has 5 heteroatoms. The molecular weight excluding hydrogens is 305 g/mol. The molecule has 2 aromatic carbocycles. The number of hydrogen-bond acceptors (Lipinski definition) is 2. The standard InChI is InChI=1S/C19H18FN3O/c1-2-16-19(21-17(24)11-13-7-4-3-5-8-13)18(23-22-16)14-9-6-10-15(20)12-14/h3-10,12H,2,11H2,1H3,(H,21,24)(H,22,23). The predicted molar refractivity (Wildman–Crippen MR) is 92.1 cm³/mol. The van der Waals surface area contributed by atoms with Gasteiger partial charge in [-0.25, -0.2) is 4.39 Å². The fraction of sp³-hybridized carbons (Fsp3) is 0.158. The van der Waals surface area contributed by atoms with Gasteiger partial charge in [-0.1, -0.05) is 49.4 Å². The molecule has 3 aromatic rings. The van der Waals surface area contributed by atoms with Crippen LogP contribution in [0.3, 0.4) is 0 Å². The summed E-state index contributed by atoms with van der Waals surface area (Å²) in [6.07, 6.45) is 0.959. The van der Waals surface area contributed by atoms with Gasteiger partial charge in [0.05, 0.1) is 17.8 Å². The predicted octanol–water partition coefficient (Wildman–Crippen LogP) is 3.96. The Morgan fingerprint density at radius 3 is 2.67 bits per heavy atom. The van der Waals surface area contributed by atoms with Crippen molar-refractivity contribution in [3.8, 4) is 11.3 Å². The van der Waals surface area contributed by atoms with E-state index >= 15 is 0 Å². The Balaban J connectivity index is 1.87. The maximum absolute atomic E-state index is 13.5. The number of hydrogen-bond donors (Lipinski definition) is 2. The number of carbonyl (C=O) groups is 1. The number of nitrogens with zero attached hydrogens (tertiary/aromatic N) is 1. The molecule has 0 spiro atoms. The lowest BCUT2D eigenvalue weighted by molar-refractivity contribution is -0.115. The summed E-state index contributed by atoms with van der Waals surface area (Å²) >= 11 is 0. The van der Waals surface area contributed by atoms with Gasteiger partial charge in [-0.15, -0.1) is 0 Å². The van der Waals surface area contributed by atoms with Crippen LogP contribution in [0.25, 0.3) is 11.3 Å². The van der Waals surface area contributed by atoms with Gasteiger partial charge in [0.2, 0.25) is 5.91 Å². The number of aromatic nitrogens is 2. The molecule has 0 saturated carbocycles. The van der Waals surface area contributed by atoms with Crippen molar-refractivity contribution in [2.24, 2.45) is 0 Å². The fourth-order valence-electron chi connectivity index (χ4n) is 2.58. The lowest BCUT2D eigenvalue weighted by Crippen LogP contribution is -2.15. The summed E-state index contributed by atoms with van der Waals surface area (Å²) < 4.78 is 13.5. The lowest BCUT2D eigenvalue weighted by atomic mass is 10.1. The van der Waals surface area contributed by atoms with Crippen molar-refractivity contribution in [2.75, 3.05) is 5.32 Å². The van der Waals surface area contributed by atoms with Crippen molar-refractivity contribution in [2.45, 2.75) is 19.8 Å². The number of halogens is 1. The van der Waals surface area contributed by atoms with E-state index in [1.54, 1.807) is 12.1 Å². The quantitative estimate of drug-likeness (QED) is 0.746. The molecule has 122 valence electrons. The Hall–Kier alpha value is -2.95. The van der Waals surface area contributed by atoms with Crippen LogP contribution in [0.2, 0.25) is 0 Å². The van der Waals surface area contributed by atoms with Gasteiger partial charge in [-0.3, -0.25) is 9.89 Å². The van der Waals surface area contributed by atoms with E-state index < -0.39 is 0 Å². The Morgan fingerprint density at radius 2 is 1.96 bits per heavy atom. The molecule has 0 fully saturated rings. The lowest BCUT2D eigenvalue weighted by Gasteiger charge is -2.08. The summed E-state index contributed by atoms with van der Waals surface area (Å²) in [4.78, 5) is 12.4. The van der Waals surface area contributed by atoms with E-state index in [1.807, 2.05) is 37.3 Å². The van der Waals surface area contributed by atoms with E-state index in [-0.39, 0.29) is 18.1 Å². The van der Waals surface area contributed by atoms with Crippen LogP contribution in [-0.4, -0.2) is 16.1 Å². The zero-order chi connectivity index (χ0) is 16.9. The van der Waals surface area contributed by atoms with Gasteiger partial charge < -0.3 is 5.32 Å². The van der Waals surface area contributed by atoms with Crippen LogP contribution in [0.15, 0.2) is 54.6 Å². The minimum Gasteiger partial charge on any atom is -0.322 e. The number of carbonyl (C=O) groups excluding carboxylic acids is 1. The van der Waals surface area contributed by atoms with Crippen LogP contribution in [0.1, 0.15) is 18.2 Å². The highest BCUT2D eigenvalue weighted by atomic mass is 19.1. The molecule has 0 bridgehead atoms. The topological polar surface area (TPSA) is 57.8 Å². The van der Waals surface area contributed by atoms with Crippen molar-refractivity contribution in [1.82, 2.24) is 10.2 Å². The molecule has 0 atom stereocenters. The number of H-pyrrole nitrogens is 1. The van der Waals surface area contributed by atoms with Crippen molar-refractivity contribution >= 4 is 11.6 Å². The van der Waals surface area contributed by atoms with E-state index in [0.29, 0.717) is 23.4 Å². The van der Waals surface area contributed by atoms with Gasteiger partial charge in [-0.2, -0.15) is 5.10 Å². The van der Waals surface area contributed by atoms with E-state index in [4.69, 9.17) is 0 Å². The number of rotatable bonds is 5. The van der Waals surface area contributed by atoms with Gasteiger partial charge in [-0.05, 0) is 24.1 Å². The molecule has 2 N–H and O–H groups in total. The number of aromatic amines is 1. The van der Waals surface area contributed by atoms with E-state index in [0.717, 1.165) is 11.3 Å². The third-order valence-electron chi connectivity index (χ3n) is 3.76. The number of nitrogens with one attached hydrogen (secondary N) is 2. The summed E-state index contributed by atoms with van der Waals surface area (Å²) in [5.41, 5.74) is 3.54. The fourth-order valence-corrected chi connectivity index (χ4v) is 2.58. The summed E-state index contributed by atoms with van der Waals surface area (Å²) in [7, 11) is 0. The first-order chi connectivity index (χ1) is 11.7. The van der Waals surface area contributed by atoms with Gasteiger partial charge in [0.15, 0.2) is 0 Å². The molecule has 24 heavy (non-hydrogen) atoms. The van der Waals surface area contributed by atoms with Crippen LogP contribution < -0.4 is 5.32 Å².